The number of carbonyl (C=O) groups excluding carboxylic acids is 1. The lowest BCUT2D eigenvalue weighted by atomic mass is 10.1. The monoisotopic (exact) mass is 440 g/mol. The SMILES string of the molecule is COc1ccc(OC)c(-c2csc(NC(=O)c3cccc(OCC4CCCO4)c3)n2)c1. The topological polar surface area (TPSA) is 78.9 Å². The van der Waals surface area contributed by atoms with Gasteiger partial charge in [0.05, 0.1) is 26.0 Å². The number of nitrogens with one attached hydrogen (secondary N) is 1. The molecule has 7 nitrogen and oxygen atoms in total. The maximum Gasteiger partial charge on any atom is 0.257 e. The van der Waals surface area contributed by atoms with Crippen LogP contribution in [0.5, 0.6) is 17.2 Å². The highest BCUT2D eigenvalue weighted by molar-refractivity contribution is 7.14. The molecule has 1 saturated heterocycles. The smallest absolute Gasteiger partial charge is 0.257 e. The lowest BCUT2D eigenvalue weighted by molar-refractivity contribution is 0.0679. The molecular weight excluding hydrogens is 416 g/mol. The van der Waals surface area contributed by atoms with E-state index in [4.69, 9.17) is 18.9 Å². The van der Waals surface area contributed by atoms with Crippen molar-refractivity contribution in [2.45, 2.75) is 18.9 Å². The van der Waals surface area contributed by atoms with Gasteiger partial charge < -0.3 is 18.9 Å². The molecule has 2 heterocycles. The molecule has 1 N–H and O–H groups in total. The molecule has 4 rings (SSSR count). The second-order valence-electron chi connectivity index (χ2n) is 7.03. The number of amides is 1. The van der Waals surface area contributed by atoms with E-state index in [1.807, 2.05) is 29.6 Å². The van der Waals surface area contributed by atoms with E-state index < -0.39 is 0 Å². The summed E-state index contributed by atoms with van der Waals surface area (Å²) in [7, 11) is 3.21. The second kappa shape index (κ2) is 9.80. The maximum atomic E-state index is 12.7. The van der Waals surface area contributed by atoms with Crippen molar-refractivity contribution < 1.29 is 23.7 Å². The third kappa shape index (κ3) is 5.15. The number of rotatable bonds is 8. The molecule has 1 amide bonds. The Morgan fingerprint density at radius 3 is 2.87 bits per heavy atom. The standard InChI is InChI=1S/C23H24N2O5S/c1-27-16-8-9-21(28-2)19(12-16)20-14-31-23(24-20)25-22(26)15-5-3-6-17(11-15)30-13-18-7-4-10-29-18/h3,5-6,8-9,11-12,14,18H,4,7,10,13H2,1-2H3,(H,24,25,26). The Bertz CT molecular complexity index is 1050. The van der Waals surface area contributed by atoms with Gasteiger partial charge in [0.1, 0.15) is 23.9 Å². The third-order valence-corrected chi connectivity index (χ3v) is 5.72. The van der Waals surface area contributed by atoms with E-state index in [-0.39, 0.29) is 12.0 Å². The molecular formula is C23H24N2O5S. The normalized spacial score (nSPS) is 15.5. The Labute approximate surface area is 184 Å². The molecule has 8 heteroatoms. The van der Waals surface area contributed by atoms with Crippen molar-refractivity contribution in [1.82, 2.24) is 4.98 Å². The first kappa shape index (κ1) is 21.1. The van der Waals surface area contributed by atoms with Crippen molar-refractivity contribution in [3.63, 3.8) is 0 Å². The predicted octanol–water partition coefficient (Wildman–Crippen LogP) is 4.64. The number of hydrogen-bond donors (Lipinski definition) is 1. The number of benzene rings is 2. The first-order valence-electron chi connectivity index (χ1n) is 10.00. The van der Waals surface area contributed by atoms with Crippen LogP contribution in [0, 0.1) is 0 Å². The van der Waals surface area contributed by atoms with Gasteiger partial charge in [0.25, 0.3) is 5.91 Å². The van der Waals surface area contributed by atoms with Gasteiger partial charge in [-0.25, -0.2) is 4.98 Å². The van der Waals surface area contributed by atoms with Gasteiger partial charge in [-0.05, 0) is 49.2 Å². The highest BCUT2D eigenvalue weighted by atomic mass is 32.1. The lowest BCUT2D eigenvalue weighted by Crippen LogP contribution is -2.17. The molecule has 3 aromatic rings. The van der Waals surface area contributed by atoms with Crippen LogP contribution in [0.4, 0.5) is 5.13 Å². The van der Waals surface area contributed by atoms with Crippen molar-refractivity contribution in [3.8, 4) is 28.5 Å². The molecule has 1 aliphatic heterocycles. The summed E-state index contributed by atoms with van der Waals surface area (Å²) in [4.78, 5) is 17.3. The molecule has 1 unspecified atom stereocenters. The van der Waals surface area contributed by atoms with E-state index in [9.17, 15) is 4.79 Å². The molecule has 0 saturated carbocycles. The molecule has 0 aliphatic carbocycles. The van der Waals surface area contributed by atoms with Gasteiger partial charge in [0.15, 0.2) is 5.13 Å². The molecule has 31 heavy (non-hydrogen) atoms. The van der Waals surface area contributed by atoms with Crippen LogP contribution in [0.25, 0.3) is 11.3 Å². The number of ether oxygens (including phenoxy) is 4. The second-order valence-corrected chi connectivity index (χ2v) is 7.89. The summed E-state index contributed by atoms with van der Waals surface area (Å²) in [5.74, 6) is 1.78. The maximum absolute atomic E-state index is 12.7. The number of nitrogens with zero attached hydrogens (tertiary/aromatic N) is 1. The lowest BCUT2D eigenvalue weighted by Gasteiger charge is -2.12. The number of hydrogen-bond acceptors (Lipinski definition) is 7. The van der Waals surface area contributed by atoms with Gasteiger partial charge in [-0.15, -0.1) is 11.3 Å². The van der Waals surface area contributed by atoms with Crippen LogP contribution < -0.4 is 19.5 Å². The Kier molecular flexibility index (Phi) is 6.69. The van der Waals surface area contributed by atoms with Crippen molar-refractivity contribution >= 4 is 22.4 Å². The fourth-order valence-corrected chi connectivity index (χ4v) is 4.04. The average Bonchev–Trinajstić information content (AvgIpc) is 3.49. The molecule has 1 fully saturated rings. The zero-order valence-electron chi connectivity index (χ0n) is 17.4. The predicted molar refractivity (Wildman–Crippen MR) is 120 cm³/mol. The summed E-state index contributed by atoms with van der Waals surface area (Å²) in [6.07, 6.45) is 2.19. The van der Waals surface area contributed by atoms with E-state index in [0.717, 1.165) is 25.0 Å². The minimum atomic E-state index is -0.249. The number of methoxy groups -OCH3 is 2. The number of aromatic nitrogens is 1. The van der Waals surface area contributed by atoms with E-state index in [0.29, 0.717) is 40.2 Å². The molecule has 1 aromatic heterocycles. The van der Waals surface area contributed by atoms with Gasteiger partial charge in [0, 0.05) is 23.1 Å². The van der Waals surface area contributed by atoms with Crippen LogP contribution in [-0.2, 0) is 4.74 Å². The fraction of sp³-hybridized carbons (Fsp3) is 0.304. The van der Waals surface area contributed by atoms with Crippen LogP contribution >= 0.6 is 11.3 Å². The minimum absolute atomic E-state index is 0.125. The van der Waals surface area contributed by atoms with Crippen LogP contribution in [0.2, 0.25) is 0 Å². The molecule has 2 aromatic carbocycles. The minimum Gasteiger partial charge on any atom is -0.497 e. The summed E-state index contributed by atoms with van der Waals surface area (Å²) in [6.45, 7) is 1.27. The highest BCUT2D eigenvalue weighted by Gasteiger charge is 2.17. The average molecular weight is 441 g/mol. The van der Waals surface area contributed by atoms with Gasteiger partial charge >= 0.3 is 0 Å². The van der Waals surface area contributed by atoms with Crippen LogP contribution in [-0.4, -0.2) is 44.4 Å². The Hall–Kier alpha value is -3.10. The molecule has 1 atom stereocenters. The van der Waals surface area contributed by atoms with Crippen molar-refractivity contribution in [1.29, 1.82) is 0 Å². The van der Waals surface area contributed by atoms with Crippen molar-refractivity contribution in [2.75, 3.05) is 32.8 Å². The van der Waals surface area contributed by atoms with Crippen LogP contribution in [0.1, 0.15) is 23.2 Å². The number of carbonyl (C=O) groups is 1. The van der Waals surface area contributed by atoms with E-state index >= 15 is 0 Å². The quantitative estimate of drug-likeness (QED) is 0.550. The van der Waals surface area contributed by atoms with Crippen molar-refractivity contribution in [3.05, 3.63) is 53.4 Å². The van der Waals surface area contributed by atoms with E-state index in [1.165, 1.54) is 11.3 Å². The molecule has 0 bridgehead atoms. The summed E-state index contributed by atoms with van der Waals surface area (Å²) < 4.78 is 22.1. The number of anilines is 1. The Morgan fingerprint density at radius 1 is 1.19 bits per heavy atom. The zero-order valence-corrected chi connectivity index (χ0v) is 18.2. The van der Waals surface area contributed by atoms with Crippen LogP contribution in [0.15, 0.2) is 47.8 Å². The zero-order chi connectivity index (χ0) is 21.6. The third-order valence-electron chi connectivity index (χ3n) is 4.96. The highest BCUT2D eigenvalue weighted by Crippen LogP contribution is 2.35. The molecule has 0 radical (unpaired) electrons. The Balaban J connectivity index is 1.44. The van der Waals surface area contributed by atoms with E-state index in [1.54, 1.807) is 32.4 Å². The molecule has 0 spiro atoms. The van der Waals surface area contributed by atoms with Crippen molar-refractivity contribution in [2.24, 2.45) is 0 Å². The first-order valence-corrected chi connectivity index (χ1v) is 10.9. The van der Waals surface area contributed by atoms with Gasteiger partial charge in [-0.2, -0.15) is 0 Å². The summed E-state index contributed by atoms with van der Waals surface area (Å²) >= 11 is 1.34. The molecule has 162 valence electrons. The summed E-state index contributed by atoms with van der Waals surface area (Å²) in [5, 5.41) is 5.22. The van der Waals surface area contributed by atoms with Crippen LogP contribution in [0.3, 0.4) is 0 Å². The summed E-state index contributed by atoms with van der Waals surface area (Å²) in [5.41, 5.74) is 1.99. The Morgan fingerprint density at radius 2 is 2.10 bits per heavy atom. The first-order chi connectivity index (χ1) is 15.2. The number of thiazole rings is 1. The van der Waals surface area contributed by atoms with Gasteiger partial charge in [0.2, 0.25) is 0 Å². The fourth-order valence-electron chi connectivity index (χ4n) is 3.33. The van der Waals surface area contributed by atoms with Gasteiger partial charge in [-0.3, -0.25) is 10.1 Å². The summed E-state index contributed by atoms with van der Waals surface area (Å²) in [6, 6.07) is 12.6. The molecule has 1 aliphatic rings. The largest absolute Gasteiger partial charge is 0.497 e. The van der Waals surface area contributed by atoms with E-state index in [2.05, 4.69) is 10.3 Å². The van der Waals surface area contributed by atoms with Gasteiger partial charge in [-0.1, -0.05) is 6.07 Å².